The third-order valence-corrected chi connectivity index (χ3v) is 4.91. The van der Waals surface area contributed by atoms with Gasteiger partial charge >= 0.3 is 0 Å². The van der Waals surface area contributed by atoms with Gasteiger partial charge in [-0.1, -0.05) is 0 Å². The zero-order valence-electron chi connectivity index (χ0n) is 14.2. The molecule has 0 bridgehead atoms. The van der Waals surface area contributed by atoms with Crippen LogP contribution in [-0.2, 0) is 16.0 Å². The fourth-order valence-electron chi connectivity index (χ4n) is 3.70. The molecule has 6 heteroatoms. The van der Waals surface area contributed by atoms with E-state index in [1.54, 1.807) is 4.68 Å². The molecule has 2 aliphatic heterocycles. The van der Waals surface area contributed by atoms with Gasteiger partial charge in [-0.3, -0.25) is 9.48 Å². The standard InChI is InChI=1S/C17H27N3O3/c1-3-22-10-8-20-15(11-14(2)18-20)16(21)19-7-4-5-17(12-19)6-9-23-13-17/h11H,3-10,12-13H2,1-2H3. The van der Waals surface area contributed by atoms with Gasteiger partial charge in [-0.2, -0.15) is 5.10 Å². The van der Waals surface area contributed by atoms with Crippen molar-refractivity contribution in [3.05, 3.63) is 17.5 Å². The van der Waals surface area contributed by atoms with E-state index in [0.29, 0.717) is 25.5 Å². The SMILES string of the molecule is CCOCCn1nc(C)cc1C(=O)N1CCCC2(CCOC2)C1. The zero-order chi connectivity index (χ0) is 16.3. The third kappa shape index (κ3) is 3.58. The van der Waals surface area contributed by atoms with E-state index in [-0.39, 0.29) is 11.3 Å². The summed E-state index contributed by atoms with van der Waals surface area (Å²) in [5.41, 5.74) is 1.73. The maximum absolute atomic E-state index is 13.0. The van der Waals surface area contributed by atoms with Crippen LogP contribution >= 0.6 is 0 Å². The molecular weight excluding hydrogens is 294 g/mol. The van der Waals surface area contributed by atoms with Gasteiger partial charge in [-0.05, 0) is 39.2 Å². The van der Waals surface area contributed by atoms with E-state index in [2.05, 4.69) is 5.10 Å². The second-order valence-electron chi connectivity index (χ2n) is 6.72. The minimum atomic E-state index is 0.0908. The summed E-state index contributed by atoms with van der Waals surface area (Å²) >= 11 is 0. The summed E-state index contributed by atoms with van der Waals surface area (Å²) in [6.07, 6.45) is 3.29. The Bertz CT molecular complexity index is 549. The first-order valence-corrected chi connectivity index (χ1v) is 8.63. The molecule has 1 aromatic heterocycles. The highest BCUT2D eigenvalue weighted by atomic mass is 16.5. The van der Waals surface area contributed by atoms with E-state index in [0.717, 1.165) is 44.8 Å². The van der Waals surface area contributed by atoms with Crippen molar-refractivity contribution in [2.75, 3.05) is 39.5 Å². The summed E-state index contributed by atoms with van der Waals surface area (Å²) < 4.78 is 12.8. The molecule has 23 heavy (non-hydrogen) atoms. The average molecular weight is 321 g/mol. The van der Waals surface area contributed by atoms with Crippen LogP contribution in [-0.4, -0.2) is 60.1 Å². The van der Waals surface area contributed by atoms with Gasteiger partial charge in [-0.15, -0.1) is 0 Å². The van der Waals surface area contributed by atoms with Crippen LogP contribution in [0.4, 0.5) is 0 Å². The summed E-state index contributed by atoms with van der Waals surface area (Å²) in [6, 6.07) is 1.89. The van der Waals surface area contributed by atoms with Crippen molar-refractivity contribution < 1.29 is 14.3 Å². The molecule has 0 aliphatic carbocycles. The minimum absolute atomic E-state index is 0.0908. The molecular formula is C17H27N3O3. The Morgan fingerprint density at radius 1 is 1.48 bits per heavy atom. The number of ether oxygens (including phenoxy) is 2. The summed E-state index contributed by atoms with van der Waals surface area (Å²) in [5.74, 6) is 0.0908. The van der Waals surface area contributed by atoms with Crippen LogP contribution in [0, 0.1) is 12.3 Å². The van der Waals surface area contributed by atoms with Gasteiger partial charge < -0.3 is 14.4 Å². The number of amides is 1. The van der Waals surface area contributed by atoms with Crippen LogP contribution in [0.5, 0.6) is 0 Å². The summed E-state index contributed by atoms with van der Waals surface area (Å²) in [5, 5.41) is 4.45. The predicted molar refractivity (Wildman–Crippen MR) is 86.5 cm³/mol. The highest BCUT2D eigenvalue weighted by Gasteiger charge is 2.40. The molecule has 3 heterocycles. The maximum Gasteiger partial charge on any atom is 0.272 e. The molecule has 3 rings (SSSR count). The average Bonchev–Trinajstić information content (AvgIpc) is 3.14. The molecule has 0 aromatic carbocycles. The fraction of sp³-hybridized carbons (Fsp3) is 0.765. The van der Waals surface area contributed by atoms with Crippen LogP contribution in [0.25, 0.3) is 0 Å². The Balaban J connectivity index is 1.72. The van der Waals surface area contributed by atoms with Gasteiger partial charge in [0.2, 0.25) is 0 Å². The summed E-state index contributed by atoms with van der Waals surface area (Å²) in [4.78, 5) is 15.0. The Morgan fingerprint density at radius 3 is 3.09 bits per heavy atom. The van der Waals surface area contributed by atoms with Gasteiger partial charge in [0, 0.05) is 31.7 Å². The molecule has 0 radical (unpaired) electrons. The van der Waals surface area contributed by atoms with Crippen molar-refractivity contribution in [3.8, 4) is 0 Å². The van der Waals surface area contributed by atoms with Crippen molar-refractivity contribution in [2.45, 2.75) is 39.7 Å². The number of aryl methyl sites for hydroxylation is 1. The van der Waals surface area contributed by atoms with Crippen molar-refractivity contribution in [3.63, 3.8) is 0 Å². The van der Waals surface area contributed by atoms with Gasteiger partial charge in [-0.25, -0.2) is 0 Å². The number of hydrogen-bond acceptors (Lipinski definition) is 4. The molecule has 1 aromatic rings. The quantitative estimate of drug-likeness (QED) is 0.777. The highest BCUT2D eigenvalue weighted by molar-refractivity contribution is 5.92. The van der Waals surface area contributed by atoms with E-state index < -0.39 is 0 Å². The third-order valence-electron chi connectivity index (χ3n) is 4.91. The monoisotopic (exact) mass is 321 g/mol. The van der Waals surface area contributed by atoms with E-state index >= 15 is 0 Å². The smallest absolute Gasteiger partial charge is 0.272 e. The summed E-state index contributed by atoms with van der Waals surface area (Å²) in [7, 11) is 0. The first-order chi connectivity index (χ1) is 11.1. The van der Waals surface area contributed by atoms with Crippen molar-refractivity contribution in [1.29, 1.82) is 0 Å². The van der Waals surface area contributed by atoms with Gasteiger partial charge in [0.15, 0.2) is 0 Å². The topological polar surface area (TPSA) is 56.6 Å². The molecule has 1 atom stereocenters. The van der Waals surface area contributed by atoms with Crippen LogP contribution in [0.1, 0.15) is 42.4 Å². The number of carbonyl (C=O) groups excluding carboxylic acids is 1. The molecule has 1 unspecified atom stereocenters. The van der Waals surface area contributed by atoms with E-state index in [1.807, 2.05) is 24.8 Å². The van der Waals surface area contributed by atoms with E-state index in [1.165, 1.54) is 6.42 Å². The molecule has 128 valence electrons. The van der Waals surface area contributed by atoms with Crippen LogP contribution in [0.15, 0.2) is 6.07 Å². The lowest BCUT2D eigenvalue weighted by atomic mass is 9.79. The Morgan fingerprint density at radius 2 is 2.35 bits per heavy atom. The highest BCUT2D eigenvalue weighted by Crippen LogP contribution is 2.38. The van der Waals surface area contributed by atoms with E-state index in [9.17, 15) is 4.79 Å². The van der Waals surface area contributed by atoms with Crippen molar-refractivity contribution >= 4 is 5.91 Å². The van der Waals surface area contributed by atoms with Crippen molar-refractivity contribution in [2.24, 2.45) is 5.41 Å². The normalized spacial score (nSPS) is 24.5. The van der Waals surface area contributed by atoms with Crippen molar-refractivity contribution in [1.82, 2.24) is 14.7 Å². The van der Waals surface area contributed by atoms with Crippen LogP contribution in [0.3, 0.4) is 0 Å². The lowest BCUT2D eigenvalue weighted by Gasteiger charge is -2.39. The van der Waals surface area contributed by atoms with Crippen LogP contribution < -0.4 is 0 Å². The molecule has 2 fully saturated rings. The Hall–Kier alpha value is -1.40. The first kappa shape index (κ1) is 16.5. The molecule has 0 saturated carbocycles. The molecule has 6 nitrogen and oxygen atoms in total. The lowest BCUT2D eigenvalue weighted by molar-refractivity contribution is 0.0449. The second kappa shape index (κ2) is 7.01. The summed E-state index contributed by atoms with van der Waals surface area (Å²) in [6.45, 7) is 9.02. The second-order valence-corrected chi connectivity index (χ2v) is 6.72. The largest absolute Gasteiger partial charge is 0.381 e. The Kier molecular flexibility index (Phi) is 5.02. The fourth-order valence-corrected chi connectivity index (χ4v) is 3.70. The number of hydrogen-bond donors (Lipinski definition) is 0. The lowest BCUT2D eigenvalue weighted by Crippen LogP contribution is -2.47. The molecule has 0 N–H and O–H groups in total. The molecule has 1 spiro atoms. The number of likely N-dealkylation sites (tertiary alicyclic amines) is 1. The van der Waals surface area contributed by atoms with Gasteiger partial charge in [0.05, 0.1) is 25.5 Å². The van der Waals surface area contributed by atoms with Crippen LogP contribution in [0.2, 0.25) is 0 Å². The number of piperidine rings is 1. The first-order valence-electron chi connectivity index (χ1n) is 8.63. The maximum atomic E-state index is 13.0. The number of rotatable bonds is 5. The molecule has 1 amide bonds. The predicted octanol–water partition coefficient (Wildman–Crippen LogP) is 1.87. The number of aromatic nitrogens is 2. The van der Waals surface area contributed by atoms with E-state index in [4.69, 9.17) is 9.47 Å². The van der Waals surface area contributed by atoms with Gasteiger partial charge in [0.25, 0.3) is 5.91 Å². The number of nitrogens with zero attached hydrogens (tertiary/aromatic N) is 3. The molecule has 2 aliphatic rings. The van der Waals surface area contributed by atoms with Gasteiger partial charge in [0.1, 0.15) is 5.69 Å². The zero-order valence-corrected chi connectivity index (χ0v) is 14.2. The Labute approximate surface area is 137 Å². The number of carbonyl (C=O) groups is 1. The molecule has 2 saturated heterocycles. The minimum Gasteiger partial charge on any atom is -0.381 e.